The van der Waals surface area contributed by atoms with Crippen molar-refractivity contribution in [2.45, 2.75) is 44.1 Å². The SMILES string of the molecule is c1ccc(-c2ccc(NC34CC5CC(CC(C5)C3)C4)c3ccccc23)cc1. The first-order chi connectivity index (χ1) is 13.3. The van der Waals surface area contributed by atoms with Crippen LogP contribution in [0.1, 0.15) is 38.5 Å². The molecule has 4 aliphatic rings. The number of fused-ring (bicyclic) bond motifs is 1. The smallest absolute Gasteiger partial charge is 0.0424 e. The quantitative estimate of drug-likeness (QED) is 0.541. The van der Waals surface area contributed by atoms with Crippen LogP contribution >= 0.6 is 0 Å². The van der Waals surface area contributed by atoms with Crippen LogP contribution in [0, 0.1) is 17.8 Å². The van der Waals surface area contributed by atoms with Crippen molar-refractivity contribution < 1.29 is 0 Å². The predicted molar refractivity (Wildman–Crippen MR) is 114 cm³/mol. The van der Waals surface area contributed by atoms with E-state index in [-0.39, 0.29) is 0 Å². The van der Waals surface area contributed by atoms with Crippen molar-refractivity contribution in [1.82, 2.24) is 0 Å². The van der Waals surface area contributed by atoms with Gasteiger partial charge in [-0.15, -0.1) is 0 Å². The maximum Gasteiger partial charge on any atom is 0.0424 e. The molecule has 4 fully saturated rings. The Kier molecular flexibility index (Phi) is 3.42. The average molecular weight is 354 g/mol. The zero-order valence-electron chi connectivity index (χ0n) is 15.8. The van der Waals surface area contributed by atoms with Crippen LogP contribution in [0.5, 0.6) is 0 Å². The van der Waals surface area contributed by atoms with Gasteiger partial charge >= 0.3 is 0 Å². The molecule has 0 aliphatic heterocycles. The van der Waals surface area contributed by atoms with Crippen molar-refractivity contribution in [3.63, 3.8) is 0 Å². The van der Waals surface area contributed by atoms with E-state index in [4.69, 9.17) is 0 Å². The number of nitrogens with one attached hydrogen (secondary N) is 1. The Morgan fingerprint density at radius 1 is 0.630 bits per heavy atom. The molecule has 0 spiro atoms. The zero-order chi connectivity index (χ0) is 17.8. The summed E-state index contributed by atoms with van der Waals surface area (Å²) in [4.78, 5) is 0. The standard InChI is InChI=1S/C26H27N/c1-2-6-21(7-3-1)22-10-11-25(24-9-5-4-8-23(22)24)27-26-15-18-12-19(16-26)14-20(13-18)17-26/h1-11,18-20,27H,12-17H2. The molecule has 0 amide bonds. The molecule has 7 rings (SSSR count). The van der Waals surface area contributed by atoms with E-state index in [1.54, 1.807) is 0 Å². The fourth-order valence-corrected chi connectivity index (χ4v) is 6.83. The molecule has 0 atom stereocenters. The van der Waals surface area contributed by atoms with Crippen LogP contribution in [0.25, 0.3) is 21.9 Å². The van der Waals surface area contributed by atoms with Gasteiger partial charge in [-0.05, 0) is 78.9 Å². The van der Waals surface area contributed by atoms with Gasteiger partial charge in [0, 0.05) is 16.6 Å². The summed E-state index contributed by atoms with van der Waals surface area (Å²) in [5.41, 5.74) is 4.33. The van der Waals surface area contributed by atoms with Gasteiger partial charge in [-0.3, -0.25) is 0 Å². The molecule has 1 heteroatoms. The van der Waals surface area contributed by atoms with Crippen LogP contribution in [0.15, 0.2) is 66.7 Å². The summed E-state index contributed by atoms with van der Waals surface area (Å²) < 4.78 is 0. The van der Waals surface area contributed by atoms with E-state index in [2.05, 4.69) is 72.0 Å². The van der Waals surface area contributed by atoms with Crippen molar-refractivity contribution in [3.05, 3.63) is 66.7 Å². The molecule has 0 aromatic heterocycles. The molecule has 0 radical (unpaired) electrons. The molecule has 4 aliphatic carbocycles. The molecule has 3 aromatic carbocycles. The van der Waals surface area contributed by atoms with Crippen LogP contribution in [0.3, 0.4) is 0 Å². The largest absolute Gasteiger partial charge is 0.379 e. The second-order valence-corrected chi connectivity index (χ2v) is 9.40. The van der Waals surface area contributed by atoms with Crippen molar-refractivity contribution in [2.24, 2.45) is 17.8 Å². The van der Waals surface area contributed by atoms with E-state index >= 15 is 0 Å². The summed E-state index contributed by atoms with van der Waals surface area (Å²) >= 11 is 0. The molecule has 27 heavy (non-hydrogen) atoms. The Morgan fingerprint density at radius 3 is 1.89 bits per heavy atom. The monoisotopic (exact) mass is 353 g/mol. The van der Waals surface area contributed by atoms with E-state index in [1.807, 2.05) is 0 Å². The summed E-state index contributed by atoms with van der Waals surface area (Å²) in [6.45, 7) is 0. The third-order valence-corrected chi connectivity index (χ3v) is 7.45. The number of hydrogen-bond acceptors (Lipinski definition) is 1. The highest BCUT2D eigenvalue weighted by Gasteiger charge is 2.50. The molecule has 3 aromatic rings. The van der Waals surface area contributed by atoms with E-state index in [0.717, 1.165) is 17.8 Å². The second kappa shape index (κ2) is 5.86. The number of benzene rings is 3. The highest BCUT2D eigenvalue weighted by Crippen LogP contribution is 2.57. The van der Waals surface area contributed by atoms with Gasteiger partial charge in [-0.25, -0.2) is 0 Å². The van der Waals surface area contributed by atoms with Gasteiger partial charge in [-0.1, -0.05) is 60.7 Å². The summed E-state index contributed by atoms with van der Waals surface area (Å²) in [6.07, 6.45) is 8.63. The van der Waals surface area contributed by atoms with Crippen LogP contribution in [0.4, 0.5) is 5.69 Å². The fourth-order valence-electron chi connectivity index (χ4n) is 6.83. The summed E-state index contributed by atoms with van der Waals surface area (Å²) in [6, 6.07) is 24.4. The molecule has 1 nitrogen and oxygen atoms in total. The minimum Gasteiger partial charge on any atom is -0.379 e. The molecule has 1 N–H and O–H groups in total. The van der Waals surface area contributed by atoms with Crippen molar-refractivity contribution >= 4 is 16.5 Å². The number of rotatable bonds is 3. The third kappa shape index (κ3) is 2.59. The number of hydrogen-bond donors (Lipinski definition) is 1. The molecular weight excluding hydrogens is 326 g/mol. The van der Waals surface area contributed by atoms with E-state index < -0.39 is 0 Å². The molecule has 0 saturated heterocycles. The summed E-state index contributed by atoms with van der Waals surface area (Å²) in [7, 11) is 0. The van der Waals surface area contributed by atoms with Gasteiger partial charge < -0.3 is 5.32 Å². The average Bonchev–Trinajstić information content (AvgIpc) is 2.68. The first-order valence-electron chi connectivity index (χ1n) is 10.6. The predicted octanol–water partition coefficient (Wildman–Crippen LogP) is 6.89. The lowest BCUT2D eigenvalue weighted by atomic mass is 9.53. The lowest BCUT2D eigenvalue weighted by Gasteiger charge is -2.57. The lowest BCUT2D eigenvalue weighted by molar-refractivity contribution is 0.0108. The Hall–Kier alpha value is -2.28. The molecule has 136 valence electrons. The van der Waals surface area contributed by atoms with Gasteiger partial charge in [0.2, 0.25) is 0 Å². The fraction of sp³-hybridized carbons (Fsp3) is 0.385. The van der Waals surface area contributed by atoms with E-state index in [1.165, 1.54) is 66.1 Å². The Morgan fingerprint density at radius 2 is 1.22 bits per heavy atom. The Bertz CT molecular complexity index is 952. The molecular formula is C26H27N. The first-order valence-corrected chi connectivity index (χ1v) is 10.6. The van der Waals surface area contributed by atoms with Gasteiger partial charge in [0.1, 0.15) is 0 Å². The zero-order valence-corrected chi connectivity index (χ0v) is 15.8. The lowest BCUT2D eigenvalue weighted by Crippen LogP contribution is -2.54. The van der Waals surface area contributed by atoms with E-state index in [9.17, 15) is 0 Å². The molecule has 4 saturated carbocycles. The molecule has 0 unspecified atom stereocenters. The van der Waals surface area contributed by atoms with Crippen LogP contribution in [-0.2, 0) is 0 Å². The normalized spacial score (nSPS) is 31.3. The molecule has 0 heterocycles. The van der Waals surface area contributed by atoms with Crippen LogP contribution in [0.2, 0.25) is 0 Å². The van der Waals surface area contributed by atoms with Crippen molar-refractivity contribution in [2.75, 3.05) is 5.32 Å². The minimum atomic E-state index is 0.353. The topological polar surface area (TPSA) is 12.0 Å². The van der Waals surface area contributed by atoms with Gasteiger partial charge in [0.05, 0.1) is 0 Å². The van der Waals surface area contributed by atoms with Crippen LogP contribution in [-0.4, -0.2) is 5.54 Å². The maximum absolute atomic E-state index is 4.11. The summed E-state index contributed by atoms with van der Waals surface area (Å²) in [5, 5.41) is 6.84. The van der Waals surface area contributed by atoms with Gasteiger partial charge in [0.15, 0.2) is 0 Å². The Labute approximate surface area is 161 Å². The van der Waals surface area contributed by atoms with Gasteiger partial charge in [-0.2, -0.15) is 0 Å². The minimum absolute atomic E-state index is 0.353. The highest BCUT2D eigenvalue weighted by atomic mass is 15.0. The third-order valence-electron chi connectivity index (χ3n) is 7.45. The molecule has 4 bridgehead atoms. The first kappa shape index (κ1) is 15.7. The van der Waals surface area contributed by atoms with E-state index in [0.29, 0.717) is 5.54 Å². The summed E-state index contributed by atoms with van der Waals surface area (Å²) in [5.74, 6) is 2.91. The highest BCUT2D eigenvalue weighted by molar-refractivity contribution is 6.03. The van der Waals surface area contributed by atoms with Crippen molar-refractivity contribution in [3.8, 4) is 11.1 Å². The second-order valence-electron chi connectivity index (χ2n) is 9.40. The van der Waals surface area contributed by atoms with Crippen molar-refractivity contribution in [1.29, 1.82) is 0 Å². The van der Waals surface area contributed by atoms with Crippen LogP contribution < -0.4 is 5.32 Å². The number of anilines is 1. The Balaban J connectivity index is 1.43. The van der Waals surface area contributed by atoms with Gasteiger partial charge in [0.25, 0.3) is 0 Å². The maximum atomic E-state index is 4.11.